The molecule has 2 rings (SSSR count). The van der Waals surface area contributed by atoms with E-state index >= 15 is 0 Å². The van der Waals surface area contributed by atoms with Crippen molar-refractivity contribution in [2.45, 2.75) is 71.3 Å². The second kappa shape index (κ2) is 8.46. The summed E-state index contributed by atoms with van der Waals surface area (Å²) in [5, 5.41) is 3.70. The van der Waals surface area contributed by atoms with Gasteiger partial charge in [-0.3, -0.25) is 0 Å². The molecule has 0 amide bonds. The molecule has 0 radical (unpaired) electrons. The van der Waals surface area contributed by atoms with Gasteiger partial charge in [-0.05, 0) is 36.4 Å². The molecule has 0 aromatic heterocycles. The summed E-state index contributed by atoms with van der Waals surface area (Å²) in [4.78, 5) is 0. The SMILES string of the molecule is CCCc1ccc(C(CC2CCCCC2)NCC)cc1. The lowest BCUT2D eigenvalue weighted by Gasteiger charge is -2.27. The van der Waals surface area contributed by atoms with Crippen LogP contribution in [0.3, 0.4) is 0 Å². The molecule has 0 bridgehead atoms. The van der Waals surface area contributed by atoms with Gasteiger partial charge in [0.1, 0.15) is 0 Å². The average molecular weight is 273 g/mol. The molecule has 112 valence electrons. The molecule has 1 fully saturated rings. The van der Waals surface area contributed by atoms with Gasteiger partial charge in [-0.1, -0.05) is 76.6 Å². The Balaban J connectivity index is 1.98. The molecule has 0 spiro atoms. The van der Waals surface area contributed by atoms with Gasteiger partial charge in [-0.25, -0.2) is 0 Å². The molecular weight excluding hydrogens is 242 g/mol. The van der Waals surface area contributed by atoms with Crippen molar-refractivity contribution in [1.29, 1.82) is 0 Å². The van der Waals surface area contributed by atoms with E-state index in [4.69, 9.17) is 0 Å². The fourth-order valence-corrected chi connectivity index (χ4v) is 3.55. The minimum atomic E-state index is 0.554. The highest BCUT2D eigenvalue weighted by atomic mass is 14.9. The molecule has 1 aliphatic rings. The van der Waals surface area contributed by atoms with Crippen molar-refractivity contribution in [3.05, 3.63) is 35.4 Å². The molecule has 1 unspecified atom stereocenters. The third-order valence-corrected chi connectivity index (χ3v) is 4.67. The summed E-state index contributed by atoms with van der Waals surface area (Å²) in [6.07, 6.45) is 11.0. The Morgan fingerprint density at radius 1 is 1.05 bits per heavy atom. The highest BCUT2D eigenvalue weighted by Gasteiger charge is 2.19. The minimum Gasteiger partial charge on any atom is -0.310 e. The maximum atomic E-state index is 3.70. The minimum absolute atomic E-state index is 0.554. The second-order valence-electron chi connectivity index (χ2n) is 6.34. The van der Waals surface area contributed by atoms with Crippen LogP contribution in [0.25, 0.3) is 0 Å². The third kappa shape index (κ3) is 4.63. The number of benzene rings is 1. The molecule has 20 heavy (non-hydrogen) atoms. The van der Waals surface area contributed by atoms with E-state index in [0.717, 1.165) is 12.5 Å². The van der Waals surface area contributed by atoms with Crippen LogP contribution in [0.1, 0.15) is 76.0 Å². The highest BCUT2D eigenvalue weighted by Crippen LogP contribution is 2.32. The molecule has 1 N–H and O–H groups in total. The average Bonchev–Trinajstić information content (AvgIpc) is 2.49. The van der Waals surface area contributed by atoms with Crippen LogP contribution in [-0.4, -0.2) is 6.54 Å². The quantitative estimate of drug-likeness (QED) is 0.714. The Bertz CT molecular complexity index is 362. The highest BCUT2D eigenvalue weighted by molar-refractivity contribution is 5.25. The van der Waals surface area contributed by atoms with Crippen LogP contribution in [0.2, 0.25) is 0 Å². The van der Waals surface area contributed by atoms with Gasteiger partial charge in [0, 0.05) is 6.04 Å². The zero-order valence-corrected chi connectivity index (χ0v) is 13.3. The molecule has 1 aliphatic carbocycles. The smallest absolute Gasteiger partial charge is 0.0322 e. The number of rotatable bonds is 7. The standard InChI is InChI=1S/C19H31N/c1-3-8-16-11-13-18(14-12-16)19(20-4-2)15-17-9-6-5-7-10-17/h11-14,17,19-20H,3-10,15H2,1-2H3. The van der Waals surface area contributed by atoms with Crippen molar-refractivity contribution in [3.8, 4) is 0 Å². The summed E-state index contributed by atoms with van der Waals surface area (Å²) in [5.74, 6) is 0.933. The Morgan fingerprint density at radius 2 is 1.75 bits per heavy atom. The number of hydrogen-bond acceptors (Lipinski definition) is 1. The lowest BCUT2D eigenvalue weighted by atomic mass is 9.83. The Hall–Kier alpha value is -0.820. The number of hydrogen-bond donors (Lipinski definition) is 1. The zero-order valence-electron chi connectivity index (χ0n) is 13.3. The molecule has 1 aromatic rings. The van der Waals surface area contributed by atoms with Gasteiger partial charge in [0.15, 0.2) is 0 Å². The van der Waals surface area contributed by atoms with E-state index in [1.54, 1.807) is 0 Å². The van der Waals surface area contributed by atoms with E-state index in [9.17, 15) is 0 Å². The monoisotopic (exact) mass is 273 g/mol. The summed E-state index contributed by atoms with van der Waals surface area (Å²) in [6.45, 7) is 5.53. The zero-order chi connectivity index (χ0) is 14.2. The van der Waals surface area contributed by atoms with E-state index in [1.165, 1.54) is 62.5 Å². The van der Waals surface area contributed by atoms with Gasteiger partial charge in [0.05, 0.1) is 0 Å². The third-order valence-electron chi connectivity index (χ3n) is 4.67. The van der Waals surface area contributed by atoms with E-state index in [-0.39, 0.29) is 0 Å². The molecule has 0 aliphatic heterocycles. The summed E-state index contributed by atoms with van der Waals surface area (Å²) in [6, 6.07) is 9.90. The van der Waals surface area contributed by atoms with Gasteiger partial charge in [-0.2, -0.15) is 0 Å². The van der Waals surface area contributed by atoms with Crippen molar-refractivity contribution in [1.82, 2.24) is 5.32 Å². The summed E-state index contributed by atoms with van der Waals surface area (Å²) >= 11 is 0. The van der Waals surface area contributed by atoms with Crippen LogP contribution in [0.15, 0.2) is 24.3 Å². The first-order valence-electron chi connectivity index (χ1n) is 8.65. The normalized spacial score (nSPS) is 18.1. The van der Waals surface area contributed by atoms with Gasteiger partial charge in [-0.15, -0.1) is 0 Å². The molecular formula is C19H31N. The van der Waals surface area contributed by atoms with Crippen LogP contribution >= 0.6 is 0 Å². The molecule has 1 aromatic carbocycles. The van der Waals surface area contributed by atoms with Crippen molar-refractivity contribution < 1.29 is 0 Å². The lowest BCUT2D eigenvalue weighted by Crippen LogP contribution is -2.24. The van der Waals surface area contributed by atoms with Crippen LogP contribution in [0.4, 0.5) is 0 Å². The van der Waals surface area contributed by atoms with Gasteiger partial charge in [0.25, 0.3) is 0 Å². The Kier molecular flexibility index (Phi) is 6.59. The number of aryl methyl sites for hydroxylation is 1. The first kappa shape index (κ1) is 15.6. The van der Waals surface area contributed by atoms with Crippen LogP contribution < -0.4 is 5.32 Å². The van der Waals surface area contributed by atoms with Crippen molar-refractivity contribution in [2.24, 2.45) is 5.92 Å². The fraction of sp³-hybridized carbons (Fsp3) is 0.684. The van der Waals surface area contributed by atoms with Crippen molar-refractivity contribution in [2.75, 3.05) is 6.54 Å². The molecule has 1 heteroatoms. The summed E-state index contributed by atoms with van der Waals surface area (Å²) < 4.78 is 0. The molecule has 1 atom stereocenters. The van der Waals surface area contributed by atoms with E-state index in [1.807, 2.05) is 0 Å². The topological polar surface area (TPSA) is 12.0 Å². The molecule has 0 heterocycles. The summed E-state index contributed by atoms with van der Waals surface area (Å²) in [7, 11) is 0. The largest absolute Gasteiger partial charge is 0.310 e. The maximum Gasteiger partial charge on any atom is 0.0322 e. The lowest BCUT2D eigenvalue weighted by molar-refractivity contribution is 0.301. The van der Waals surface area contributed by atoms with E-state index in [2.05, 4.69) is 43.4 Å². The summed E-state index contributed by atoms with van der Waals surface area (Å²) in [5.41, 5.74) is 2.96. The molecule has 0 saturated heterocycles. The second-order valence-corrected chi connectivity index (χ2v) is 6.34. The van der Waals surface area contributed by atoms with Crippen molar-refractivity contribution in [3.63, 3.8) is 0 Å². The van der Waals surface area contributed by atoms with Crippen LogP contribution in [0.5, 0.6) is 0 Å². The van der Waals surface area contributed by atoms with Crippen molar-refractivity contribution >= 4 is 0 Å². The molecule has 1 nitrogen and oxygen atoms in total. The predicted octanol–water partition coefficient (Wildman–Crippen LogP) is 5.26. The Morgan fingerprint density at radius 3 is 2.35 bits per heavy atom. The van der Waals surface area contributed by atoms with Crippen LogP contribution in [-0.2, 0) is 6.42 Å². The van der Waals surface area contributed by atoms with Gasteiger partial charge >= 0.3 is 0 Å². The first-order chi connectivity index (χ1) is 9.83. The van der Waals surface area contributed by atoms with E-state index < -0.39 is 0 Å². The van der Waals surface area contributed by atoms with E-state index in [0.29, 0.717) is 6.04 Å². The molecule has 1 saturated carbocycles. The van der Waals surface area contributed by atoms with Gasteiger partial charge in [0.2, 0.25) is 0 Å². The Labute approximate surface area is 125 Å². The maximum absolute atomic E-state index is 3.70. The van der Waals surface area contributed by atoms with Crippen LogP contribution in [0, 0.1) is 5.92 Å². The van der Waals surface area contributed by atoms with Gasteiger partial charge < -0.3 is 5.32 Å². The fourth-order valence-electron chi connectivity index (χ4n) is 3.55. The first-order valence-corrected chi connectivity index (χ1v) is 8.65. The predicted molar refractivity (Wildman–Crippen MR) is 88.0 cm³/mol. The number of nitrogens with one attached hydrogen (secondary N) is 1.